The number of hydrogen-bond donors (Lipinski definition) is 2. The molecule has 0 bridgehead atoms. The minimum atomic E-state index is -0.111. The maximum absolute atomic E-state index is 5.85. The van der Waals surface area contributed by atoms with Crippen LogP contribution in [0.4, 0.5) is 0 Å². The van der Waals surface area contributed by atoms with Gasteiger partial charge in [-0.05, 0) is 47.0 Å². The van der Waals surface area contributed by atoms with Crippen molar-refractivity contribution >= 4 is 0 Å². The van der Waals surface area contributed by atoms with Gasteiger partial charge in [-0.2, -0.15) is 0 Å². The summed E-state index contributed by atoms with van der Waals surface area (Å²) >= 11 is 0. The summed E-state index contributed by atoms with van der Waals surface area (Å²) in [5.74, 6) is 0. The molecule has 15 heavy (non-hydrogen) atoms. The first kappa shape index (κ1) is 12.9. The molecule has 90 valence electrons. The molecule has 1 aliphatic heterocycles. The molecule has 0 spiro atoms. The van der Waals surface area contributed by atoms with Crippen LogP contribution >= 0.6 is 0 Å². The monoisotopic (exact) mass is 214 g/mol. The van der Waals surface area contributed by atoms with E-state index in [2.05, 4.69) is 39.9 Å². The Balaban J connectivity index is 2.59. The van der Waals surface area contributed by atoms with Crippen molar-refractivity contribution in [3.05, 3.63) is 0 Å². The molecule has 0 amide bonds. The number of ether oxygens (including phenoxy) is 1. The first-order chi connectivity index (χ1) is 6.74. The highest BCUT2D eigenvalue weighted by molar-refractivity contribution is 4.97. The Morgan fingerprint density at radius 3 is 2.13 bits per heavy atom. The lowest BCUT2D eigenvalue weighted by atomic mass is 9.81. The lowest BCUT2D eigenvalue weighted by Gasteiger charge is -2.46. The Bertz CT molecular complexity index is 198. The van der Waals surface area contributed by atoms with Gasteiger partial charge in [0.2, 0.25) is 0 Å². The molecule has 1 aliphatic rings. The zero-order valence-corrected chi connectivity index (χ0v) is 10.8. The molecule has 1 saturated heterocycles. The fourth-order valence-corrected chi connectivity index (χ4v) is 2.67. The van der Waals surface area contributed by atoms with E-state index in [9.17, 15) is 0 Å². The van der Waals surface area contributed by atoms with Crippen LogP contribution in [0.25, 0.3) is 0 Å². The summed E-state index contributed by atoms with van der Waals surface area (Å²) in [4.78, 5) is 0. The van der Waals surface area contributed by atoms with Crippen molar-refractivity contribution in [2.45, 2.75) is 77.3 Å². The van der Waals surface area contributed by atoms with Crippen molar-refractivity contribution in [3.63, 3.8) is 0 Å². The molecular formula is C12H26N2O. The van der Waals surface area contributed by atoms with Gasteiger partial charge in [0.05, 0.1) is 6.10 Å². The van der Waals surface area contributed by atoms with Gasteiger partial charge < -0.3 is 15.8 Å². The van der Waals surface area contributed by atoms with Crippen LogP contribution in [-0.4, -0.2) is 23.4 Å². The Labute approximate surface area is 93.8 Å². The van der Waals surface area contributed by atoms with Crippen LogP contribution < -0.4 is 11.1 Å². The maximum atomic E-state index is 5.85. The van der Waals surface area contributed by atoms with E-state index in [1.807, 2.05) is 0 Å². The van der Waals surface area contributed by atoms with Crippen molar-refractivity contribution in [1.82, 2.24) is 5.32 Å². The van der Waals surface area contributed by atoms with Crippen LogP contribution in [0.5, 0.6) is 0 Å². The summed E-state index contributed by atoms with van der Waals surface area (Å²) in [6, 6.07) is 0. The summed E-state index contributed by atoms with van der Waals surface area (Å²) in [6.07, 6.45) is 3.12. The molecule has 3 N–H and O–H groups in total. The van der Waals surface area contributed by atoms with Crippen LogP contribution in [0.15, 0.2) is 0 Å². The quantitative estimate of drug-likeness (QED) is 0.706. The van der Waals surface area contributed by atoms with E-state index >= 15 is 0 Å². The lowest BCUT2D eigenvalue weighted by molar-refractivity contribution is -0.0625. The van der Waals surface area contributed by atoms with Crippen LogP contribution in [0.1, 0.15) is 53.9 Å². The fourth-order valence-electron chi connectivity index (χ4n) is 2.67. The molecule has 3 heteroatoms. The molecule has 1 fully saturated rings. The summed E-state index contributed by atoms with van der Waals surface area (Å²) in [5, 5.41) is 3.63. The number of nitrogens with one attached hydrogen (secondary N) is 1. The topological polar surface area (TPSA) is 47.3 Å². The van der Waals surface area contributed by atoms with E-state index in [4.69, 9.17) is 10.5 Å². The first-order valence-corrected chi connectivity index (χ1v) is 5.94. The molecule has 0 saturated carbocycles. The van der Waals surface area contributed by atoms with Gasteiger partial charge in [-0.3, -0.25) is 0 Å². The van der Waals surface area contributed by atoms with Crippen LogP contribution in [-0.2, 0) is 4.74 Å². The van der Waals surface area contributed by atoms with Gasteiger partial charge in [-0.15, -0.1) is 0 Å². The van der Waals surface area contributed by atoms with Crippen molar-refractivity contribution in [3.8, 4) is 0 Å². The summed E-state index contributed by atoms with van der Waals surface area (Å²) in [5.41, 5.74) is 6.12. The van der Waals surface area contributed by atoms with Crippen molar-refractivity contribution < 1.29 is 4.74 Å². The number of hydrogen-bond acceptors (Lipinski definition) is 3. The molecule has 0 radical (unpaired) electrons. The first-order valence-electron chi connectivity index (χ1n) is 5.94. The number of nitrogens with two attached hydrogens (primary N) is 1. The highest BCUT2D eigenvalue weighted by Gasteiger charge is 2.38. The molecule has 0 aromatic rings. The van der Waals surface area contributed by atoms with Gasteiger partial charge in [0.1, 0.15) is 6.23 Å². The highest BCUT2D eigenvalue weighted by Crippen LogP contribution is 2.30. The third-order valence-electron chi connectivity index (χ3n) is 2.92. The normalized spacial score (nSPS) is 27.6. The van der Waals surface area contributed by atoms with Crippen molar-refractivity contribution in [2.75, 3.05) is 0 Å². The zero-order valence-electron chi connectivity index (χ0n) is 10.8. The second-order valence-corrected chi connectivity index (χ2v) is 6.01. The lowest BCUT2D eigenvalue weighted by Crippen LogP contribution is -2.60. The van der Waals surface area contributed by atoms with Gasteiger partial charge in [0, 0.05) is 11.1 Å². The Kier molecular flexibility index (Phi) is 3.80. The third-order valence-corrected chi connectivity index (χ3v) is 2.92. The van der Waals surface area contributed by atoms with Crippen LogP contribution in [0.3, 0.4) is 0 Å². The average molecular weight is 214 g/mol. The molecule has 0 aromatic carbocycles. The summed E-state index contributed by atoms with van der Waals surface area (Å²) < 4.78 is 5.85. The Hall–Kier alpha value is -0.120. The van der Waals surface area contributed by atoms with E-state index in [1.165, 1.54) is 0 Å². The predicted molar refractivity (Wildman–Crippen MR) is 63.7 cm³/mol. The van der Waals surface area contributed by atoms with Gasteiger partial charge in [0.15, 0.2) is 0 Å². The highest BCUT2D eigenvalue weighted by atomic mass is 16.5. The largest absolute Gasteiger partial charge is 0.360 e. The number of piperidine rings is 1. The molecule has 1 heterocycles. The molecule has 1 rings (SSSR count). The van der Waals surface area contributed by atoms with Crippen molar-refractivity contribution in [2.24, 2.45) is 5.73 Å². The SMILES string of the molecule is CCC(N)OC1CC(C)(C)NC(C)(C)C1. The second-order valence-electron chi connectivity index (χ2n) is 6.01. The van der Waals surface area contributed by atoms with E-state index in [0.717, 1.165) is 19.3 Å². The number of rotatable bonds is 3. The van der Waals surface area contributed by atoms with Gasteiger partial charge in [-0.1, -0.05) is 6.92 Å². The molecule has 0 aromatic heterocycles. The standard InChI is InChI=1S/C12H26N2O/c1-6-10(13)15-9-7-11(2,3)14-12(4,5)8-9/h9-10,14H,6-8,13H2,1-5H3. The molecule has 3 nitrogen and oxygen atoms in total. The maximum Gasteiger partial charge on any atom is 0.105 e. The van der Waals surface area contributed by atoms with E-state index < -0.39 is 0 Å². The predicted octanol–water partition coefficient (Wildman–Crippen LogP) is 2.01. The van der Waals surface area contributed by atoms with Crippen LogP contribution in [0.2, 0.25) is 0 Å². The van der Waals surface area contributed by atoms with Crippen molar-refractivity contribution in [1.29, 1.82) is 0 Å². The van der Waals surface area contributed by atoms with E-state index in [0.29, 0.717) is 0 Å². The molecule has 1 atom stereocenters. The smallest absolute Gasteiger partial charge is 0.105 e. The Morgan fingerprint density at radius 2 is 1.73 bits per heavy atom. The summed E-state index contributed by atoms with van der Waals surface area (Å²) in [6.45, 7) is 11.0. The van der Waals surface area contributed by atoms with E-state index in [1.54, 1.807) is 0 Å². The van der Waals surface area contributed by atoms with Crippen LogP contribution in [0, 0.1) is 0 Å². The minimum Gasteiger partial charge on any atom is -0.360 e. The van der Waals surface area contributed by atoms with E-state index in [-0.39, 0.29) is 23.4 Å². The molecule has 0 aliphatic carbocycles. The Morgan fingerprint density at radius 1 is 1.27 bits per heavy atom. The zero-order chi connectivity index (χ0) is 11.7. The molecular weight excluding hydrogens is 188 g/mol. The fraction of sp³-hybridized carbons (Fsp3) is 1.00. The minimum absolute atomic E-state index is 0.111. The van der Waals surface area contributed by atoms with Gasteiger partial charge in [0.25, 0.3) is 0 Å². The second kappa shape index (κ2) is 4.40. The van der Waals surface area contributed by atoms with Gasteiger partial charge >= 0.3 is 0 Å². The average Bonchev–Trinajstić information content (AvgIpc) is 1.97. The third kappa shape index (κ3) is 4.09. The molecule has 1 unspecified atom stereocenters. The van der Waals surface area contributed by atoms with Gasteiger partial charge in [-0.25, -0.2) is 0 Å². The summed E-state index contributed by atoms with van der Waals surface area (Å²) in [7, 11) is 0.